The normalized spacial score (nSPS) is 10.1. The molecule has 2 heterocycles. The molecule has 2 rings (SSSR count). The van der Waals surface area contributed by atoms with Crippen LogP contribution in [0.3, 0.4) is 0 Å². The smallest absolute Gasteiger partial charge is 0.125 e. The Hall–Kier alpha value is -1.75. The largest absolute Gasteiger partial charge is 0.397 e. The second kappa shape index (κ2) is 4.18. The molecule has 76 valence electrons. The second-order valence-corrected chi connectivity index (χ2v) is 3.88. The van der Waals surface area contributed by atoms with E-state index in [1.54, 1.807) is 36.7 Å². The predicted molar refractivity (Wildman–Crippen MR) is 61.4 cm³/mol. The van der Waals surface area contributed by atoms with Gasteiger partial charge in [0.1, 0.15) is 10.1 Å². The minimum atomic E-state index is 0.632. The summed E-state index contributed by atoms with van der Waals surface area (Å²) in [7, 11) is 0. The van der Waals surface area contributed by atoms with Crippen molar-refractivity contribution >= 4 is 23.1 Å². The van der Waals surface area contributed by atoms with Crippen molar-refractivity contribution < 1.29 is 0 Å². The maximum Gasteiger partial charge on any atom is 0.125 e. The summed E-state index contributed by atoms with van der Waals surface area (Å²) in [6.07, 6.45) is 3.38. The number of pyridine rings is 2. The molecule has 0 saturated heterocycles. The van der Waals surface area contributed by atoms with Gasteiger partial charge >= 0.3 is 0 Å². The molecule has 0 aliphatic carbocycles. The van der Waals surface area contributed by atoms with Gasteiger partial charge in [0, 0.05) is 12.4 Å². The number of nitrogens with two attached hydrogens (primary N) is 2. The van der Waals surface area contributed by atoms with Crippen LogP contribution in [0.25, 0.3) is 0 Å². The zero-order chi connectivity index (χ0) is 10.7. The Morgan fingerprint density at radius 3 is 1.73 bits per heavy atom. The van der Waals surface area contributed by atoms with Crippen LogP contribution in [0.4, 0.5) is 11.4 Å². The Morgan fingerprint density at radius 1 is 0.867 bits per heavy atom. The van der Waals surface area contributed by atoms with Crippen molar-refractivity contribution in [3.63, 3.8) is 0 Å². The van der Waals surface area contributed by atoms with Gasteiger partial charge in [-0.3, -0.25) is 0 Å². The molecule has 0 saturated carbocycles. The van der Waals surface area contributed by atoms with Crippen LogP contribution >= 0.6 is 11.8 Å². The molecule has 0 radical (unpaired) electrons. The Labute approximate surface area is 91.7 Å². The monoisotopic (exact) mass is 218 g/mol. The van der Waals surface area contributed by atoms with Crippen LogP contribution in [-0.2, 0) is 0 Å². The molecule has 2 aromatic heterocycles. The molecule has 0 atom stereocenters. The number of nitrogens with zero attached hydrogens (tertiary/aromatic N) is 2. The van der Waals surface area contributed by atoms with Crippen LogP contribution in [0.5, 0.6) is 0 Å². The third kappa shape index (κ3) is 2.19. The van der Waals surface area contributed by atoms with Gasteiger partial charge in [-0.05, 0) is 36.0 Å². The Bertz CT molecular complexity index is 429. The van der Waals surface area contributed by atoms with Crippen LogP contribution < -0.4 is 11.5 Å². The summed E-state index contributed by atoms with van der Waals surface area (Å²) in [5.41, 5.74) is 12.8. The van der Waals surface area contributed by atoms with E-state index in [1.807, 2.05) is 0 Å². The molecule has 0 aromatic carbocycles. The summed E-state index contributed by atoms with van der Waals surface area (Å²) >= 11 is 1.37. The maximum absolute atomic E-state index is 5.77. The first kappa shape index (κ1) is 9.79. The molecule has 0 fully saturated rings. The molecule has 0 aliphatic heterocycles. The number of anilines is 2. The molecular weight excluding hydrogens is 208 g/mol. The summed E-state index contributed by atoms with van der Waals surface area (Å²) in [5.74, 6) is 0. The third-order valence-corrected chi connectivity index (χ3v) is 2.86. The van der Waals surface area contributed by atoms with Gasteiger partial charge in [0.2, 0.25) is 0 Å². The lowest BCUT2D eigenvalue weighted by Crippen LogP contribution is -1.94. The molecule has 4 nitrogen and oxygen atoms in total. The molecule has 0 unspecified atom stereocenters. The van der Waals surface area contributed by atoms with Crippen molar-refractivity contribution in [1.29, 1.82) is 0 Å². The number of aromatic nitrogens is 2. The fourth-order valence-corrected chi connectivity index (χ4v) is 1.85. The van der Waals surface area contributed by atoms with Crippen molar-refractivity contribution in [3.8, 4) is 0 Å². The average Bonchev–Trinajstić information content (AvgIpc) is 2.24. The highest BCUT2D eigenvalue weighted by Crippen LogP contribution is 2.31. The summed E-state index contributed by atoms with van der Waals surface area (Å²) < 4.78 is 0. The van der Waals surface area contributed by atoms with E-state index >= 15 is 0 Å². The first-order valence-corrected chi connectivity index (χ1v) is 5.18. The highest BCUT2D eigenvalue weighted by Gasteiger charge is 2.05. The highest BCUT2D eigenvalue weighted by molar-refractivity contribution is 7.99. The van der Waals surface area contributed by atoms with E-state index in [2.05, 4.69) is 9.97 Å². The Kier molecular flexibility index (Phi) is 2.73. The topological polar surface area (TPSA) is 77.8 Å². The Morgan fingerprint density at radius 2 is 1.33 bits per heavy atom. The molecule has 2 aromatic rings. The van der Waals surface area contributed by atoms with Crippen LogP contribution in [0.1, 0.15) is 0 Å². The molecule has 0 aliphatic rings. The van der Waals surface area contributed by atoms with Crippen LogP contribution in [0.15, 0.2) is 46.7 Å². The van der Waals surface area contributed by atoms with Gasteiger partial charge in [-0.1, -0.05) is 0 Å². The number of hydrogen-bond acceptors (Lipinski definition) is 5. The van der Waals surface area contributed by atoms with E-state index in [1.165, 1.54) is 11.8 Å². The molecular formula is C10H10N4S. The first-order chi connectivity index (χ1) is 7.27. The lowest BCUT2D eigenvalue weighted by molar-refractivity contribution is 1.10. The van der Waals surface area contributed by atoms with Crippen molar-refractivity contribution in [2.45, 2.75) is 10.1 Å². The molecule has 0 amide bonds. The molecule has 0 spiro atoms. The van der Waals surface area contributed by atoms with E-state index < -0.39 is 0 Å². The van der Waals surface area contributed by atoms with Gasteiger partial charge in [-0.15, -0.1) is 0 Å². The number of nitrogen functional groups attached to an aromatic ring is 2. The number of hydrogen-bond donors (Lipinski definition) is 2. The SMILES string of the molecule is Nc1cccnc1Sc1ncccc1N. The van der Waals surface area contributed by atoms with Crippen LogP contribution in [0, 0.1) is 0 Å². The molecule has 4 N–H and O–H groups in total. The molecule has 15 heavy (non-hydrogen) atoms. The van der Waals surface area contributed by atoms with Gasteiger partial charge in [0.15, 0.2) is 0 Å². The van der Waals surface area contributed by atoms with Gasteiger partial charge in [-0.2, -0.15) is 0 Å². The van der Waals surface area contributed by atoms with Crippen molar-refractivity contribution in [2.75, 3.05) is 11.5 Å². The molecule has 5 heteroatoms. The van der Waals surface area contributed by atoms with E-state index in [0.29, 0.717) is 11.4 Å². The summed E-state index contributed by atoms with van der Waals surface area (Å²) in [6, 6.07) is 7.19. The fourth-order valence-electron chi connectivity index (χ4n) is 1.07. The molecule has 0 bridgehead atoms. The van der Waals surface area contributed by atoms with E-state index in [4.69, 9.17) is 11.5 Å². The lowest BCUT2D eigenvalue weighted by atomic mass is 10.4. The fraction of sp³-hybridized carbons (Fsp3) is 0. The standard InChI is InChI=1S/C10H10N4S/c11-7-3-1-5-13-9(7)15-10-8(12)4-2-6-14-10/h1-6H,11-12H2. The lowest BCUT2D eigenvalue weighted by Gasteiger charge is -2.04. The first-order valence-electron chi connectivity index (χ1n) is 4.36. The van der Waals surface area contributed by atoms with Gasteiger partial charge in [0.25, 0.3) is 0 Å². The van der Waals surface area contributed by atoms with Crippen molar-refractivity contribution in [3.05, 3.63) is 36.7 Å². The zero-order valence-electron chi connectivity index (χ0n) is 7.92. The minimum Gasteiger partial charge on any atom is -0.397 e. The average molecular weight is 218 g/mol. The maximum atomic E-state index is 5.77. The van der Waals surface area contributed by atoms with Crippen LogP contribution in [-0.4, -0.2) is 9.97 Å². The minimum absolute atomic E-state index is 0.632. The predicted octanol–water partition coefficient (Wildman–Crippen LogP) is 1.79. The summed E-state index contributed by atoms with van der Waals surface area (Å²) in [4.78, 5) is 8.31. The van der Waals surface area contributed by atoms with Crippen molar-refractivity contribution in [1.82, 2.24) is 9.97 Å². The van der Waals surface area contributed by atoms with Gasteiger partial charge < -0.3 is 11.5 Å². The highest BCUT2D eigenvalue weighted by atomic mass is 32.2. The summed E-state index contributed by atoms with van der Waals surface area (Å²) in [6.45, 7) is 0. The third-order valence-electron chi connectivity index (χ3n) is 1.79. The quantitative estimate of drug-likeness (QED) is 0.803. The van der Waals surface area contributed by atoms with Gasteiger partial charge in [-0.25, -0.2) is 9.97 Å². The van der Waals surface area contributed by atoms with E-state index in [9.17, 15) is 0 Å². The number of rotatable bonds is 2. The Balaban J connectivity index is 2.30. The summed E-state index contributed by atoms with van der Waals surface area (Å²) in [5, 5.41) is 1.45. The van der Waals surface area contributed by atoms with Crippen molar-refractivity contribution in [2.24, 2.45) is 0 Å². The van der Waals surface area contributed by atoms with Gasteiger partial charge in [0.05, 0.1) is 11.4 Å². The zero-order valence-corrected chi connectivity index (χ0v) is 8.74. The van der Waals surface area contributed by atoms with E-state index in [-0.39, 0.29) is 0 Å². The van der Waals surface area contributed by atoms with Crippen LogP contribution in [0.2, 0.25) is 0 Å². The van der Waals surface area contributed by atoms with E-state index in [0.717, 1.165) is 10.1 Å². The second-order valence-electron chi connectivity index (χ2n) is 2.90.